The van der Waals surface area contributed by atoms with Crippen LogP contribution in [0.2, 0.25) is 0 Å². The highest BCUT2D eigenvalue weighted by atomic mass is 16.5. The maximum absolute atomic E-state index is 11.9. The van der Waals surface area contributed by atoms with E-state index < -0.39 is 24.0 Å². The van der Waals surface area contributed by atoms with Gasteiger partial charge in [0.05, 0.1) is 11.8 Å². The molecule has 0 aliphatic carbocycles. The molecule has 0 bridgehead atoms. The molecule has 1 saturated heterocycles. The molecule has 0 saturated carbocycles. The second-order valence-corrected chi connectivity index (χ2v) is 4.03. The van der Waals surface area contributed by atoms with Crippen LogP contribution in [0.5, 0.6) is 0 Å². The second-order valence-electron chi connectivity index (χ2n) is 4.03. The molecule has 1 aromatic heterocycles. The van der Waals surface area contributed by atoms with Gasteiger partial charge < -0.3 is 19.6 Å². The van der Waals surface area contributed by atoms with Crippen LogP contribution in [-0.2, 0) is 4.79 Å². The van der Waals surface area contributed by atoms with Crippen LogP contribution in [0.15, 0.2) is 10.6 Å². The Bertz CT molecular complexity index is 455. The van der Waals surface area contributed by atoms with E-state index in [0.29, 0.717) is 5.69 Å². The summed E-state index contributed by atoms with van der Waals surface area (Å²) in [7, 11) is 0. The third-order valence-corrected chi connectivity index (χ3v) is 2.66. The molecule has 0 aromatic carbocycles. The van der Waals surface area contributed by atoms with Gasteiger partial charge in [-0.25, -0.2) is 4.79 Å². The molecular weight excluding hydrogens is 228 g/mol. The zero-order chi connectivity index (χ0) is 12.6. The van der Waals surface area contributed by atoms with Crippen molar-refractivity contribution in [2.75, 3.05) is 6.54 Å². The Balaban J connectivity index is 2.21. The lowest BCUT2D eigenvalue weighted by molar-refractivity contribution is -0.141. The highest BCUT2D eigenvalue weighted by molar-refractivity contribution is 5.94. The summed E-state index contributed by atoms with van der Waals surface area (Å²) in [5.41, 5.74) is 0.542. The molecule has 2 atom stereocenters. The fraction of sp³-hybridized carbons (Fsp3) is 0.500. The molecule has 17 heavy (non-hydrogen) atoms. The predicted octanol–water partition coefficient (Wildman–Crippen LogP) is -0.357. The van der Waals surface area contributed by atoms with E-state index in [2.05, 4.69) is 5.16 Å². The van der Waals surface area contributed by atoms with Gasteiger partial charge in [-0.3, -0.25) is 4.79 Å². The molecular formula is C10H12N2O5. The molecule has 2 heterocycles. The number of likely N-dealkylation sites (tertiary alicyclic amines) is 1. The van der Waals surface area contributed by atoms with Gasteiger partial charge in [0.25, 0.3) is 5.91 Å². The van der Waals surface area contributed by atoms with E-state index in [1.54, 1.807) is 6.92 Å². The van der Waals surface area contributed by atoms with Crippen molar-refractivity contribution in [3.63, 3.8) is 0 Å². The molecule has 92 valence electrons. The number of amides is 1. The lowest BCUT2D eigenvalue weighted by Crippen LogP contribution is -2.40. The van der Waals surface area contributed by atoms with Gasteiger partial charge in [0.15, 0.2) is 0 Å². The number of nitrogens with zero attached hydrogens (tertiary/aromatic N) is 2. The first-order valence-electron chi connectivity index (χ1n) is 5.14. The van der Waals surface area contributed by atoms with Crippen LogP contribution in [0.4, 0.5) is 0 Å². The zero-order valence-corrected chi connectivity index (χ0v) is 9.16. The van der Waals surface area contributed by atoms with E-state index in [-0.39, 0.29) is 18.7 Å². The number of aliphatic carboxylic acids is 1. The lowest BCUT2D eigenvalue weighted by Gasteiger charge is -2.19. The van der Waals surface area contributed by atoms with E-state index in [1.807, 2.05) is 0 Å². The Kier molecular flexibility index (Phi) is 2.84. The fourth-order valence-corrected chi connectivity index (χ4v) is 1.88. The minimum absolute atomic E-state index is 0.00442. The van der Waals surface area contributed by atoms with Gasteiger partial charge >= 0.3 is 5.97 Å². The number of β-amino-alcohol motifs (C(OH)–C–C–N with tert-alkyl or cyclic N) is 1. The molecule has 2 rings (SSSR count). The fourth-order valence-electron chi connectivity index (χ4n) is 1.88. The second kappa shape index (κ2) is 4.17. The monoisotopic (exact) mass is 240 g/mol. The van der Waals surface area contributed by atoms with Crippen LogP contribution < -0.4 is 0 Å². The molecule has 1 amide bonds. The van der Waals surface area contributed by atoms with Crippen LogP contribution in [0, 0.1) is 6.92 Å². The summed E-state index contributed by atoms with van der Waals surface area (Å²) in [6.07, 6.45) is -0.780. The van der Waals surface area contributed by atoms with E-state index in [4.69, 9.17) is 9.63 Å². The van der Waals surface area contributed by atoms with Crippen molar-refractivity contribution in [2.45, 2.75) is 25.5 Å². The van der Waals surface area contributed by atoms with Gasteiger partial charge in [0.2, 0.25) is 5.76 Å². The van der Waals surface area contributed by atoms with Crippen molar-refractivity contribution in [1.29, 1.82) is 0 Å². The van der Waals surface area contributed by atoms with Gasteiger partial charge in [-0.1, -0.05) is 5.16 Å². The quantitative estimate of drug-likeness (QED) is 0.731. The summed E-state index contributed by atoms with van der Waals surface area (Å²) in [5, 5.41) is 21.9. The number of aliphatic hydroxyl groups excluding tert-OH is 1. The number of aromatic nitrogens is 1. The van der Waals surface area contributed by atoms with Crippen LogP contribution in [0.1, 0.15) is 22.7 Å². The van der Waals surface area contributed by atoms with Crippen LogP contribution in [0.25, 0.3) is 0 Å². The van der Waals surface area contributed by atoms with Crippen LogP contribution in [0.3, 0.4) is 0 Å². The standard InChI is InChI=1S/C10H12N2O5/c1-5-2-8(17-11-5)9(14)12-4-6(13)3-7(12)10(15)16/h2,6-7,13H,3-4H2,1H3,(H,15,16). The zero-order valence-electron chi connectivity index (χ0n) is 9.16. The van der Waals surface area contributed by atoms with Crippen molar-refractivity contribution in [2.24, 2.45) is 0 Å². The molecule has 1 fully saturated rings. The summed E-state index contributed by atoms with van der Waals surface area (Å²) >= 11 is 0. The Morgan fingerprint density at radius 1 is 1.59 bits per heavy atom. The van der Waals surface area contributed by atoms with Crippen molar-refractivity contribution >= 4 is 11.9 Å². The highest BCUT2D eigenvalue weighted by Gasteiger charge is 2.40. The number of hydrogen-bond donors (Lipinski definition) is 2. The molecule has 1 aromatic rings. The van der Waals surface area contributed by atoms with Crippen molar-refractivity contribution in [1.82, 2.24) is 10.1 Å². The smallest absolute Gasteiger partial charge is 0.326 e. The van der Waals surface area contributed by atoms with Crippen LogP contribution in [-0.4, -0.2) is 50.8 Å². The minimum atomic E-state index is -1.13. The molecule has 0 radical (unpaired) electrons. The molecule has 1 aliphatic rings. The number of carbonyl (C=O) groups excluding carboxylic acids is 1. The molecule has 1 aliphatic heterocycles. The summed E-state index contributed by atoms with van der Waals surface area (Å²) in [4.78, 5) is 24.0. The number of aryl methyl sites for hydroxylation is 1. The highest BCUT2D eigenvalue weighted by Crippen LogP contribution is 2.21. The van der Waals surface area contributed by atoms with Gasteiger partial charge in [0, 0.05) is 19.0 Å². The topological polar surface area (TPSA) is 104 Å². The number of carboxylic acids is 1. The Morgan fingerprint density at radius 2 is 2.29 bits per heavy atom. The van der Waals surface area contributed by atoms with E-state index in [9.17, 15) is 14.7 Å². The number of carboxylic acid groups (broad SMARTS) is 1. The van der Waals surface area contributed by atoms with Gasteiger partial charge in [-0.2, -0.15) is 0 Å². The first kappa shape index (κ1) is 11.6. The summed E-state index contributed by atoms with van der Waals surface area (Å²) < 4.78 is 4.79. The first-order chi connectivity index (χ1) is 7.99. The number of carbonyl (C=O) groups is 2. The van der Waals surface area contributed by atoms with Crippen molar-refractivity contribution in [3.8, 4) is 0 Å². The number of aliphatic hydroxyl groups is 1. The molecule has 2 N–H and O–H groups in total. The largest absolute Gasteiger partial charge is 0.480 e. The maximum Gasteiger partial charge on any atom is 0.326 e. The predicted molar refractivity (Wildman–Crippen MR) is 54.3 cm³/mol. The van der Waals surface area contributed by atoms with Crippen molar-refractivity contribution < 1.29 is 24.3 Å². The third-order valence-electron chi connectivity index (χ3n) is 2.66. The van der Waals surface area contributed by atoms with E-state index in [1.165, 1.54) is 6.07 Å². The number of rotatable bonds is 2. The van der Waals surface area contributed by atoms with E-state index in [0.717, 1.165) is 4.90 Å². The van der Waals surface area contributed by atoms with Crippen LogP contribution >= 0.6 is 0 Å². The SMILES string of the molecule is Cc1cc(C(=O)N2CC(O)CC2C(=O)O)on1. The first-order valence-corrected chi connectivity index (χ1v) is 5.14. The third kappa shape index (κ3) is 2.14. The number of hydrogen-bond acceptors (Lipinski definition) is 5. The van der Waals surface area contributed by atoms with Crippen molar-refractivity contribution in [3.05, 3.63) is 17.5 Å². The summed E-state index contributed by atoms with van der Waals surface area (Å²) in [5.74, 6) is -1.71. The Labute approximate surface area is 96.6 Å². The maximum atomic E-state index is 11.9. The summed E-state index contributed by atoms with van der Waals surface area (Å²) in [6.45, 7) is 1.66. The van der Waals surface area contributed by atoms with E-state index >= 15 is 0 Å². The average Bonchev–Trinajstić information content (AvgIpc) is 2.83. The molecule has 7 heteroatoms. The Hall–Kier alpha value is -1.89. The van der Waals surface area contributed by atoms with Gasteiger partial charge in [-0.05, 0) is 6.92 Å². The normalized spacial score (nSPS) is 24.0. The molecule has 2 unspecified atom stereocenters. The van der Waals surface area contributed by atoms with Gasteiger partial charge in [-0.15, -0.1) is 0 Å². The minimum Gasteiger partial charge on any atom is -0.480 e. The summed E-state index contributed by atoms with van der Waals surface area (Å²) in [6, 6.07) is 0.425. The van der Waals surface area contributed by atoms with Gasteiger partial charge in [0.1, 0.15) is 6.04 Å². The lowest BCUT2D eigenvalue weighted by atomic mass is 10.2. The molecule has 0 spiro atoms. The Morgan fingerprint density at radius 3 is 2.82 bits per heavy atom. The average molecular weight is 240 g/mol. The molecule has 7 nitrogen and oxygen atoms in total.